The second-order valence-corrected chi connectivity index (χ2v) is 9.67. The molecule has 0 aliphatic carbocycles. The molecule has 3 heteroatoms. The fourth-order valence-corrected chi connectivity index (χ4v) is 4.46. The minimum atomic E-state index is -0.647. The minimum absolute atomic E-state index is 0.239. The number of aryl methyl sites for hydroxylation is 1. The Balaban J connectivity index is 1.54. The van der Waals surface area contributed by atoms with Crippen LogP contribution in [0.3, 0.4) is 0 Å². The summed E-state index contributed by atoms with van der Waals surface area (Å²) in [5.74, 6) is -0.0399. The van der Waals surface area contributed by atoms with Crippen molar-refractivity contribution in [3.05, 3.63) is 65.7 Å². The minimum Gasteiger partial charge on any atom is -0.489 e. The van der Waals surface area contributed by atoms with Crippen molar-refractivity contribution in [2.45, 2.75) is 110 Å². The topological polar surface area (TPSA) is 46.5 Å². The second kappa shape index (κ2) is 18.1. The molecule has 0 radical (unpaired) electrons. The van der Waals surface area contributed by atoms with Crippen LogP contribution in [-0.4, -0.2) is 11.1 Å². The zero-order valence-corrected chi connectivity index (χ0v) is 21.4. The van der Waals surface area contributed by atoms with Crippen molar-refractivity contribution in [2.75, 3.05) is 0 Å². The molecule has 2 rings (SSSR count). The van der Waals surface area contributed by atoms with Crippen LogP contribution in [0.15, 0.2) is 54.6 Å². The lowest BCUT2D eigenvalue weighted by Gasteiger charge is -2.13. The van der Waals surface area contributed by atoms with Gasteiger partial charge in [0, 0.05) is 0 Å². The average molecular weight is 467 g/mol. The lowest BCUT2D eigenvalue weighted by molar-refractivity contribution is -0.142. The molecule has 0 heterocycles. The number of unbranched alkanes of at least 4 members (excludes halogenated alkanes) is 11. The van der Waals surface area contributed by atoms with Gasteiger partial charge < -0.3 is 9.84 Å². The summed E-state index contributed by atoms with van der Waals surface area (Å²) < 4.78 is 5.84. The fraction of sp³-hybridized carbons (Fsp3) is 0.581. The van der Waals surface area contributed by atoms with Gasteiger partial charge in [-0.25, -0.2) is 0 Å². The van der Waals surface area contributed by atoms with Gasteiger partial charge in [0.1, 0.15) is 12.4 Å². The van der Waals surface area contributed by atoms with Crippen molar-refractivity contribution in [1.29, 1.82) is 0 Å². The summed E-state index contributed by atoms with van der Waals surface area (Å²) in [4.78, 5) is 11.7. The number of ether oxygens (including phenoxy) is 1. The highest BCUT2D eigenvalue weighted by molar-refractivity contribution is 5.69. The first-order valence-corrected chi connectivity index (χ1v) is 13.7. The third-order valence-corrected chi connectivity index (χ3v) is 6.71. The number of benzene rings is 2. The van der Waals surface area contributed by atoms with Gasteiger partial charge in [-0.05, 0) is 42.5 Å². The van der Waals surface area contributed by atoms with E-state index in [0.717, 1.165) is 37.0 Å². The van der Waals surface area contributed by atoms with E-state index in [-0.39, 0.29) is 5.92 Å². The molecule has 1 atom stereocenters. The fourth-order valence-electron chi connectivity index (χ4n) is 4.46. The van der Waals surface area contributed by atoms with Gasteiger partial charge in [0.05, 0.1) is 5.92 Å². The number of carboxylic acids is 1. The van der Waals surface area contributed by atoms with Gasteiger partial charge in [0.25, 0.3) is 0 Å². The van der Waals surface area contributed by atoms with E-state index in [2.05, 4.69) is 31.2 Å². The predicted octanol–water partition coefficient (Wildman–Crippen LogP) is 8.99. The van der Waals surface area contributed by atoms with Crippen LogP contribution in [0.25, 0.3) is 0 Å². The summed E-state index contributed by atoms with van der Waals surface area (Å²) in [7, 11) is 0. The normalized spacial score (nSPS) is 11.9. The zero-order valence-electron chi connectivity index (χ0n) is 21.4. The third-order valence-electron chi connectivity index (χ3n) is 6.71. The molecule has 0 aliphatic rings. The van der Waals surface area contributed by atoms with E-state index >= 15 is 0 Å². The van der Waals surface area contributed by atoms with Crippen molar-refractivity contribution in [2.24, 2.45) is 5.92 Å². The van der Waals surface area contributed by atoms with Crippen LogP contribution in [0.5, 0.6) is 5.75 Å². The first-order valence-electron chi connectivity index (χ1n) is 13.7. The lowest BCUT2D eigenvalue weighted by atomic mass is 9.93. The van der Waals surface area contributed by atoms with E-state index in [1.54, 1.807) is 0 Å². The maximum atomic E-state index is 11.7. The quantitative estimate of drug-likeness (QED) is 0.198. The summed E-state index contributed by atoms with van der Waals surface area (Å²) in [5.41, 5.74) is 2.32. The van der Waals surface area contributed by atoms with Crippen molar-refractivity contribution in [3.8, 4) is 5.75 Å². The SMILES string of the molecule is CCCCCCCCCCCCCCC(CCc1ccc(OCc2ccccc2)cc1)C(=O)O. The molecule has 2 aromatic carbocycles. The Morgan fingerprint density at radius 2 is 1.26 bits per heavy atom. The summed E-state index contributed by atoms with van der Waals surface area (Å²) >= 11 is 0. The molecule has 0 aromatic heterocycles. The number of rotatable bonds is 20. The Morgan fingerprint density at radius 1 is 0.706 bits per heavy atom. The second-order valence-electron chi connectivity index (χ2n) is 9.67. The zero-order chi connectivity index (χ0) is 24.3. The molecule has 0 saturated heterocycles. The highest BCUT2D eigenvalue weighted by Crippen LogP contribution is 2.21. The van der Waals surface area contributed by atoms with Gasteiger partial charge in [-0.1, -0.05) is 126 Å². The van der Waals surface area contributed by atoms with Gasteiger partial charge in [0.2, 0.25) is 0 Å². The average Bonchev–Trinajstić information content (AvgIpc) is 2.86. The molecular formula is C31H46O3. The molecule has 2 aromatic rings. The Kier molecular flexibility index (Phi) is 14.9. The lowest BCUT2D eigenvalue weighted by Crippen LogP contribution is -2.14. The van der Waals surface area contributed by atoms with E-state index < -0.39 is 5.97 Å². The van der Waals surface area contributed by atoms with Crippen molar-refractivity contribution >= 4 is 5.97 Å². The Bertz CT molecular complexity index is 754. The molecule has 34 heavy (non-hydrogen) atoms. The smallest absolute Gasteiger partial charge is 0.306 e. The Labute approximate surface area is 207 Å². The molecule has 0 saturated carbocycles. The molecule has 0 bridgehead atoms. The Morgan fingerprint density at radius 3 is 1.82 bits per heavy atom. The molecule has 0 fully saturated rings. The summed E-state index contributed by atoms with van der Waals surface area (Å²) in [6.45, 7) is 2.82. The van der Waals surface area contributed by atoms with E-state index in [9.17, 15) is 9.90 Å². The number of hydrogen-bond donors (Lipinski definition) is 1. The largest absolute Gasteiger partial charge is 0.489 e. The van der Waals surface area contributed by atoms with Crippen LogP contribution < -0.4 is 4.74 Å². The molecule has 188 valence electrons. The maximum absolute atomic E-state index is 11.7. The van der Waals surface area contributed by atoms with E-state index in [0.29, 0.717) is 13.0 Å². The van der Waals surface area contributed by atoms with Crippen LogP contribution in [0.2, 0.25) is 0 Å². The van der Waals surface area contributed by atoms with Crippen LogP contribution in [0, 0.1) is 5.92 Å². The molecule has 0 spiro atoms. The van der Waals surface area contributed by atoms with Gasteiger partial charge in [-0.15, -0.1) is 0 Å². The van der Waals surface area contributed by atoms with E-state index in [1.807, 2.05) is 30.3 Å². The molecule has 1 unspecified atom stereocenters. The van der Waals surface area contributed by atoms with Gasteiger partial charge in [0.15, 0.2) is 0 Å². The summed E-state index contributed by atoms with van der Waals surface area (Å²) in [5, 5.41) is 9.63. The first kappa shape index (κ1) is 28.0. The monoisotopic (exact) mass is 466 g/mol. The van der Waals surface area contributed by atoms with Crippen molar-refractivity contribution < 1.29 is 14.6 Å². The van der Waals surface area contributed by atoms with E-state index in [4.69, 9.17) is 4.74 Å². The van der Waals surface area contributed by atoms with Crippen molar-refractivity contribution in [3.63, 3.8) is 0 Å². The molecule has 0 amide bonds. The van der Waals surface area contributed by atoms with Crippen LogP contribution in [0.4, 0.5) is 0 Å². The molecule has 0 aliphatic heterocycles. The third kappa shape index (κ3) is 12.8. The summed E-state index contributed by atoms with van der Waals surface area (Å²) in [6.07, 6.45) is 18.0. The van der Waals surface area contributed by atoms with Crippen LogP contribution >= 0.6 is 0 Å². The highest BCUT2D eigenvalue weighted by Gasteiger charge is 2.16. The maximum Gasteiger partial charge on any atom is 0.306 e. The van der Waals surface area contributed by atoms with E-state index in [1.165, 1.54) is 69.8 Å². The van der Waals surface area contributed by atoms with Gasteiger partial charge >= 0.3 is 5.97 Å². The van der Waals surface area contributed by atoms with Crippen LogP contribution in [-0.2, 0) is 17.8 Å². The number of carboxylic acid groups (broad SMARTS) is 1. The number of aliphatic carboxylic acids is 1. The molecule has 3 nitrogen and oxygen atoms in total. The predicted molar refractivity (Wildman–Crippen MR) is 142 cm³/mol. The standard InChI is InChI=1S/C31H46O3/c1-2-3-4-5-6-7-8-9-10-11-12-16-19-29(31(32)33)23-20-27-21-24-30(25-22-27)34-26-28-17-14-13-15-18-28/h13-15,17-18,21-22,24-25,29H,2-12,16,19-20,23,26H2,1H3,(H,32,33). The number of hydrogen-bond acceptors (Lipinski definition) is 2. The van der Waals surface area contributed by atoms with Crippen LogP contribution in [0.1, 0.15) is 108 Å². The highest BCUT2D eigenvalue weighted by atomic mass is 16.5. The van der Waals surface area contributed by atoms with Gasteiger partial charge in [-0.3, -0.25) is 4.79 Å². The first-order chi connectivity index (χ1) is 16.7. The summed E-state index contributed by atoms with van der Waals surface area (Å²) in [6, 6.07) is 18.2. The molecular weight excluding hydrogens is 420 g/mol. The Hall–Kier alpha value is -2.29. The van der Waals surface area contributed by atoms with Gasteiger partial charge in [-0.2, -0.15) is 0 Å². The number of carbonyl (C=O) groups is 1. The molecule has 1 N–H and O–H groups in total. The van der Waals surface area contributed by atoms with Crippen molar-refractivity contribution in [1.82, 2.24) is 0 Å².